The van der Waals surface area contributed by atoms with Crippen molar-refractivity contribution in [1.82, 2.24) is 20.8 Å². The molecule has 0 unspecified atom stereocenters. The predicted octanol–water partition coefficient (Wildman–Crippen LogP) is 3.17. The number of benzene rings is 2. The van der Waals surface area contributed by atoms with E-state index in [-0.39, 0.29) is 24.0 Å². The molecule has 2 aromatic carbocycles. The van der Waals surface area contributed by atoms with Crippen molar-refractivity contribution < 1.29 is 25.0 Å². The van der Waals surface area contributed by atoms with E-state index in [9.17, 15) is 25.0 Å². The van der Waals surface area contributed by atoms with E-state index in [1.807, 2.05) is 48.5 Å². The van der Waals surface area contributed by atoms with Gasteiger partial charge in [0.1, 0.15) is 5.69 Å². The fourth-order valence-electron chi connectivity index (χ4n) is 6.79. The van der Waals surface area contributed by atoms with Gasteiger partial charge >= 0.3 is 0 Å². The first-order valence-electron chi connectivity index (χ1n) is 13.8. The van der Waals surface area contributed by atoms with E-state index < -0.39 is 35.5 Å². The number of aliphatic hydroxyl groups is 2. The molecular weight excluding hydrogens is 496 g/mol. The summed E-state index contributed by atoms with van der Waals surface area (Å²) in [5.41, 5.74) is 2.67. The lowest BCUT2D eigenvalue weighted by atomic mass is 9.56. The molecule has 0 saturated heterocycles. The maximum atomic E-state index is 13.3. The highest BCUT2D eigenvalue weighted by Gasteiger charge is 2.55. The average Bonchev–Trinajstić information content (AvgIpc) is 2.95. The van der Waals surface area contributed by atoms with Gasteiger partial charge in [0.05, 0.1) is 40.9 Å². The molecule has 0 spiro atoms. The molecule has 5 N–H and O–H groups in total. The lowest BCUT2D eigenvalue weighted by Crippen LogP contribution is -2.60. The first kappa shape index (κ1) is 27.2. The Bertz CT molecular complexity index is 1280. The summed E-state index contributed by atoms with van der Waals surface area (Å²) < 4.78 is 0. The number of hydroxylamine groups is 1. The normalized spacial score (nSPS) is 24.9. The number of amides is 2. The standard InChI is InChI=1S/C30H36N4O5/c35-27(17-22(28(36)34-39)30(38)20-10-6-11-21(30)13-7-12-20)25(16-19-8-2-1-3-9-19)33-29(37)26-18-31-23-14-4-5-15-24(23)32-26/h1-5,8-9,14-15,18,20-22,25,27,35,38-39H,6-7,10-13,16-17H2,(H,33,37)(H,34,36)/t20?,21?,22-,25+,27+,30?/m1/s1. The van der Waals surface area contributed by atoms with Crippen LogP contribution < -0.4 is 10.8 Å². The Hall–Kier alpha value is -3.40. The zero-order valence-corrected chi connectivity index (χ0v) is 21.9. The fourth-order valence-corrected chi connectivity index (χ4v) is 6.79. The minimum Gasteiger partial charge on any atom is -0.391 e. The fraction of sp³-hybridized carbons (Fsp3) is 0.467. The average molecular weight is 533 g/mol. The monoisotopic (exact) mass is 532 g/mol. The van der Waals surface area contributed by atoms with Crippen molar-refractivity contribution in [1.29, 1.82) is 0 Å². The molecule has 0 radical (unpaired) electrons. The second-order valence-corrected chi connectivity index (χ2v) is 11.0. The van der Waals surface area contributed by atoms with Crippen molar-refractivity contribution in [3.05, 3.63) is 72.1 Å². The highest BCUT2D eigenvalue weighted by molar-refractivity contribution is 5.94. The third kappa shape index (κ3) is 5.66. The Morgan fingerprint density at radius 2 is 1.56 bits per heavy atom. The summed E-state index contributed by atoms with van der Waals surface area (Å²) >= 11 is 0. The van der Waals surface area contributed by atoms with E-state index in [0.717, 1.165) is 44.1 Å². The molecule has 2 fully saturated rings. The number of aliphatic hydroxyl groups excluding tert-OH is 1. The number of nitrogens with one attached hydrogen (secondary N) is 2. The third-order valence-electron chi connectivity index (χ3n) is 8.74. The Kier molecular flexibility index (Phi) is 8.20. The highest BCUT2D eigenvalue weighted by atomic mass is 16.5. The number of carbonyl (C=O) groups is 2. The van der Waals surface area contributed by atoms with Crippen LogP contribution in [0.25, 0.3) is 11.0 Å². The van der Waals surface area contributed by atoms with Gasteiger partial charge in [0.2, 0.25) is 5.91 Å². The maximum Gasteiger partial charge on any atom is 0.271 e. The van der Waals surface area contributed by atoms with Crippen LogP contribution in [0.5, 0.6) is 0 Å². The van der Waals surface area contributed by atoms with Crippen LogP contribution in [0, 0.1) is 17.8 Å². The van der Waals surface area contributed by atoms with Gasteiger partial charge in [0.15, 0.2) is 0 Å². The molecule has 0 aliphatic heterocycles. The number of fused-ring (bicyclic) bond motifs is 3. The molecular formula is C30H36N4O5. The number of hydrogen-bond donors (Lipinski definition) is 5. The van der Waals surface area contributed by atoms with Crippen molar-refractivity contribution in [2.24, 2.45) is 17.8 Å². The quantitative estimate of drug-likeness (QED) is 0.210. The van der Waals surface area contributed by atoms with E-state index in [1.54, 1.807) is 11.5 Å². The number of carbonyl (C=O) groups excluding carboxylic acids is 2. The maximum absolute atomic E-state index is 13.3. The molecule has 2 aliphatic rings. The number of para-hydroxylation sites is 2. The molecule has 1 heterocycles. The van der Waals surface area contributed by atoms with Gasteiger partial charge in [-0.15, -0.1) is 0 Å². The summed E-state index contributed by atoms with van der Waals surface area (Å²) in [6, 6.07) is 15.9. The summed E-state index contributed by atoms with van der Waals surface area (Å²) in [7, 11) is 0. The molecule has 1 aromatic heterocycles. The number of nitrogens with zero attached hydrogens (tertiary/aromatic N) is 2. The molecule has 2 aliphatic carbocycles. The summed E-state index contributed by atoms with van der Waals surface area (Å²) in [5, 5.41) is 36.1. The Balaban J connectivity index is 1.41. The van der Waals surface area contributed by atoms with Crippen LogP contribution >= 0.6 is 0 Å². The van der Waals surface area contributed by atoms with Crippen LogP contribution in [0.1, 0.15) is 61.0 Å². The third-order valence-corrected chi connectivity index (χ3v) is 8.74. The lowest BCUT2D eigenvalue weighted by Gasteiger charge is -2.53. The van der Waals surface area contributed by atoms with Crippen molar-refractivity contribution in [3.63, 3.8) is 0 Å². The number of aromatic nitrogens is 2. The van der Waals surface area contributed by atoms with Gasteiger partial charge in [-0.1, -0.05) is 55.3 Å². The molecule has 9 nitrogen and oxygen atoms in total. The van der Waals surface area contributed by atoms with Crippen molar-refractivity contribution in [3.8, 4) is 0 Å². The second-order valence-electron chi connectivity index (χ2n) is 11.0. The lowest BCUT2D eigenvalue weighted by molar-refractivity contribution is -0.181. The summed E-state index contributed by atoms with van der Waals surface area (Å²) in [6.45, 7) is 0. The van der Waals surface area contributed by atoms with E-state index >= 15 is 0 Å². The second kappa shape index (κ2) is 11.8. The minimum absolute atomic E-state index is 0.0745. The van der Waals surface area contributed by atoms with E-state index in [1.165, 1.54) is 6.20 Å². The topological polar surface area (TPSA) is 145 Å². The largest absolute Gasteiger partial charge is 0.391 e. The first-order valence-corrected chi connectivity index (χ1v) is 13.8. The van der Waals surface area contributed by atoms with Gasteiger partial charge in [-0.25, -0.2) is 10.5 Å². The van der Waals surface area contributed by atoms with E-state index in [2.05, 4.69) is 15.3 Å². The Morgan fingerprint density at radius 1 is 0.949 bits per heavy atom. The molecule has 9 heteroatoms. The minimum atomic E-state index is -1.32. The SMILES string of the molecule is O=C(N[C@@H](Cc1ccccc1)[C@@H](O)C[C@H](C(=O)NO)C1(O)C2CCCC1CCC2)c1cnc2ccccc2n1. The van der Waals surface area contributed by atoms with Gasteiger partial charge in [-0.3, -0.25) is 19.8 Å². The molecule has 2 amide bonds. The van der Waals surface area contributed by atoms with Crippen LogP contribution in [-0.4, -0.2) is 54.9 Å². The van der Waals surface area contributed by atoms with Crippen LogP contribution in [-0.2, 0) is 11.2 Å². The zero-order chi connectivity index (χ0) is 27.4. The predicted molar refractivity (Wildman–Crippen MR) is 145 cm³/mol. The molecule has 206 valence electrons. The molecule has 39 heavy (non-hydrogen) atoms. The van der Waals surface area contributed by atoms with E-state index in [4.69, 9.17) is 0 Å². The van der Waals surface area contributed by atoms with Gasteiger partial charge in [0.25, 0.3) is 5.91 Å². The Morgan fingerprint density at radius 3 is 2.21 bits per heavy atom. The summed E-state index contributed by atoms with van der Waals surface area (Å²) in [5.74, 6) is -2.38. The Labute approximate surface area is 227 Å². The van der Waals surface area contributed by atoms with Crippen molar-refractivity contribution in [2.75, 3.05) is 0 Å². The van der Waals surface area contributed by atoms with Crippen molar-refractivity contribution in [2.45, 2.75) is 69.1 Å². The van der Waals surface area contributed by atoms with E-state index in [0.29, 0.717) is 17.5 Å². The highest BCUT2D eigenvalue weighted by Crippen LogP contribution is 2.52. The first-order chi connectivity index (χ1) is 18.9. The van der Waals surface area contributed by atoms with Crippen LogP contribution in [0.4, 0.5) is 0 Å². The smallest absolute Gasteiger partial charge is 0.271 e. The summed E-state index contributed by atoms with van der Waals surface area (Å²) in [6.07, 6.45) is 5.62. The molecule has 3 atom stereocenters. The zero-order valence-electron chi connectivity index (χ0n) is 21.9. The molecule has 2 saturated carbocycles. The van der Waals surface area contributed by atoms with Crippen LogP contribution in [0.15, 0.2) is 60.8 Å². The van der Waals surface area contributed by atoms with Crippen molar-refractivity contribution >= 4 is 22.8 Å². The van der Waals surface area contributed by atoms with Gasteiger partial charge < -0.3 is 15.5 Å². The van der Waals surface area contributed by atoms with Gasteiger partial charge in [-0.2, -0.15) is 0 Å². The number of rotatable bonds is 9. The molecule has 2 bridgehead atoms. The van der Waals surface area contributed by atoms with Gasteiger partial charge in [0, 0.05) is 0 Å². The van der Waals surface area contributed by atoms with Crippen LogP contribution in [0.3, 0.4) is 0 Å². The molecule has 3 aromatic rings. The van der Waals surface area contributed by atoms with Gasteiger partial charge in [-0.05, 0) is 68.1 Å². The van der Waals surface area contributed by atoms with Crippen LogP contribution in [0.2, 0.25) is 0 Å². The molecule has 5 rings (SSSR count). The number of hydrogen-bond acceptors (Lipinski definition) is 7. The summed E-state index contributed by atoms with van der Waals surface area (Å²) in [4.78, 5) is 35.0.